The Balaban J connectivity index is 1.95. The van der Waals surface area contributed by atoms with E-state index in [-0.39, 0.29) is 0 Å². The average Bonchev–Trinajstić information content (AvgIpc) is 2.95. The van der Waals surface area contributed by atoms with Gasteiger partial charge in [0.15, 0.2) is 0 Å². The molecule has 114 valence electrons. The number of anilines is 2. The molecule has 2 aromatic heterocycles. The molecule has 1 atom stereocenters. The second-order valence-electron chi connectivity index (χ2n) is 5.00. The van der Waals surface area contributed by atoms with Gasteiger partial charge in [-0.3, -0.25) is 4.21 Å². The Hall–Kier alpha value is -2.28. The minimum Gasteiger partial charge on any atom is -0.340 e. The molecule has 0 aliphatic rings. The molecule has 0 saturated heterocycles. The Bertz CT molecular complexity index is 830. The van der Waals surface area contributed by atoms with Gasteiger partial charge in [-0.15, -0.1) is 0 Å². The predicted molar refractivity (Wildman–Crippen MR) is 87.7 cm³/mol. The zero-order chi connectivity index (χ0) is 15.5. The molecule has 0 fully saturated rings. The zero-order valence-electron chi connectivity index (χ0n) is 12.5. The molecule has 0 spiro atoms. The van der Waals surface area contributed by atoms with Crippen molar-refractivity contribution in [2.45, 2.75) is 19.1 Å². The normalized spacial score (nSPS) is 12.5. The van der Waals surface area contributed by atoms with Crippen molar-refractivity contribution in [2.24, 2.45) is 0 Å². The lowest BCUT2D eigenvalue weighted by Gasteiger charge is -2.10. The van der Waals surface area contributed by atoms with Gasteiger partial charge in [0, 0.05) is 40.3 Å². The summed E-state index contributed by atoms with van der Waals surface area (Å²) in [5, 5.41) is 7.54. The highest BCUT2D eigenvalue weighted by molar-refractivity contribution is 7.83. The Labute approximate surface area is 131 Å². The van der Waals surface area contributed by atoms with E-state index >= 15 is 0 Å². The number of aryl methyl sites for hydroxylation is 1. The van der Waals surface area contributed by atoms with Gasteiger partial charge in [0.1, 0.15) is 12.1 Å². The van der Waals surface area contributed by atoms with E-state index in [1.165, 1.54) is 6.33 Å². The minimum atomic E-state index is -0.858. The third-order valence-corrected chi connectivity index (χ3v) is 3.98. The van der Waals surface area contributed by atoms with Gasteiger partial charge in [0.25, 0.3) is 5.78 Å². The molecular weight excluding hydrogens is 298 g/mol. The van der Waals surface area contributed by atoms with Crippen LogP contribution in [-0.2, 0) is 23.0 Å². The van der Waals surface area contributed by atoms with Crippen molar-refractivity contribution in [3.63, 3.8) is 0 Å². The molecule has 0 amide bonds. The van der Waals surface area contributed by atoms with Crippen molar-refractivity contribution >= 4 is 28.1 Å². The lowest BCUT2D eigenvalue weighted by atomic mass is 10.2. The molecule has 0 saturated carbocycles. The maximum atomic E-state index is 11.4. The van der Waals surface area contributed by atoms with Gasteiger partial charge in [0.05, 0.1) is 0 Å². The topological polar surface area (TPSA) is 72.2 Å². The standard InChI is InChI=1S/C15H17N5OS/c1-3-12-8-14(20-15(19-12)16-10-17-20)18-13-6-4-5-11(7-13)9-22(2)21/h4-8,10,18H,3,9H2,1-2H3. The van der Waals surface area contributed by atoms with Crippen molar-refractivity contribution in [3.8, 4) is 0 Å². The average molecular weight is 315 g/mol. The SMILES string of the molecule is CCc1cc(Nc2cccc(CS(C)=O)c2)n2ncnc2n1. The Morgan fingerprint density at radius 2 is 2.18 bits per heavy atom. The van der Waals surface area contributed by atoms with Crippen LogP contribution in [-0.4, -0.2) is 30.0 Å². The first kappa shape index (κ1) is 14.6. The number of nitrogens with zero attached hydrogens (tertiary/aromatic N) is 4. The van der Waals surface area contributed by atoms with Gasteiger partial charge in [-0.2, -0.15) is 14.6 Å². The van der Waals surface area contributed by atoms with Crippen LogP contribution in [0.1, 0.15) is 18.2 Å². The third kappa shape index (κ3) is 3.14. The first-order valence-electron chi connectivity index (χ1n) is 7.01. The Kier molecular flexibility index (Phi) is 4.15. The van der Waals surface area contributed by atoms with E-state index in [9.17, 15) is 4.21 Å². The maximum absolute atomic E-state index is 11.4. The second-order valence-corrected chi connectivity index (χ2v) is 6.44. The summed E-state index contributed by atoms with van der Waals surface area (Å²) in [7, 11) is -0.858. The molecule has 3 rings (SSSR count). The first-order valence-corrected chi connectivity index (χ1v) is 8.74. The molecule has 0 bridgehead atoms. The van der Waals surface area contributed by atoms with Gasteiger partial charge in [-0.1, -0.05) is 19.1 Å². The van der Waals surface area contributed by atoms with Crippen LogP contribution in [0, 0.1) is 0 Å². The smallest absolute Gasteiger partial charge is 0.254 e. The van der Waals surface area contributed by atoms with Crippen LogP contribution in [0.2, 0.25) is 0 Å². The summed E-state index contributed by atoms with van der Waals surface area (Å²) < 4.78 is 13.0. The van der Waals surface area contributed by atoms with Crippen LogP contribution in [0.5, 0.6) is 0 Å². The molecule has 2 heterocycles. The van der Waals surface area contributed by atoms with E-state index in [4.69, 9.17) is 0 Å². The summed E-state index contributed by atoms with van der Waals surface area (Å²) in [6.07, 6.45) is 4.02. The summed E-state index contributed by atoms with van der Waals surface area (Å²) in [4.78, 5) is 8.57. The molecule has 0 radical (unpaired) electrons. The van der Waals surface area contributed by atoms with Crippen molar-refractivity contribution in [1.82, 2.24) is 19.6 Å². The Morgan fingerprint density at radius 1 is 1.32 bits per heavy atom. The molecule has 1 aromatic carbocycles. The zero-order valence-corrected chi connectivity index (χ0v) is 13.3. The fourth-order valence-electron chi connectivity index (χ4n) is 2.25. The predicted octanol–water partition coefficient (Wildman–Crippen LogP) is 2.31. The van der Waals surface area contributed by atoms with Crippen molar-refractivity contribution in [1.29, 1.82) is 0 Å². The van der Waals surface area contributed by atoms with E-state index in [2.05, 4.69) is 27.3 Å². The highest BCUT2D eigenvalue weighted by atomic mass is 32.2. The number of aromatic nitrogens is 4. The highest BCUT2D eigenvalue weighted by Gasteiger charge is 2.07. The van der Waals surface area contributed by atoms with E-state index in [0.717, 1.165) is 29.2 Å². The molecule has 3 aromatic rings. The molecule has 6 nitrogen and oxygen atoms in total. The maximum Gasteiger partial charge on any atom is 0.254 e. The summed E-state index contributed by atoms with van der Waals surface area (Å²) in [5.41, 5.74) is 2.91. The van der Waals surface area contributed by atoms with Gasteiger partial charge in [-0.25, -0.2) is 4.98 Å². The second kappa shape index (κ2) is 6.23. The van der Waals surface area contributed by atoms with Crippen molar-refractivity contribution < 1.29 is 4.21 Å². The Morgan fingerprint density at radius 3 is 2.95 bits per heavy atom. The quantitative estimate of drug-likeness (QED) is 0.782. The summed E-state index contributed by atoms with van der Waals surface area (Å²) in [5.74, 6) is 1.94. The van der Waals surface area contributed by atoms with Crippen LogP contribution in [0.25, 0.3) is 5.78 Å². The van der Waals surface area contributed by atoms with E-state index in [1.54, 1.807) is 10.8 Å². The fraction of sp³-hybridized carbons (Fsp3) is 0.267. The lowest BCUT2D eigenvalue weighted by molar-refractivity contribution is 0.686. The summed E-state index contributed by atoms with van der Waals surface area (Å²) >= 11 is 0. The number of hydrogen-bond donors (Lipinski definition) is 1. The number of rotatable bonds is 5. The van der Waals surface area contributed by atoms with E-state index < -0.39 is 10.8 Å². The summed E-state index contributed by atoms with van der Waals surface area (Å²) in [6.45, 7) is 2.05. The number of nitrogens with one attached hydrogen (secondary N) is 1. The first-order chi connectivity index (χ1) is 10.7. The van der Waals surface area contributed by atoms with Gasteiger partial charge < -0.3 is 5.32 Å². The number of benzene rings is 1. The molecule has 0 aliphatic carbocycles. The largest absolute Gasteiger partial charge is 0.340 e. The lowest BCUT2D eigenvalue weighted by Crippen LogP contribution is -2.04. The monoisotopic (exact) mass is 315 g/mol. The fourth-order valence-corrected chi connectivity index (χ4v) is 2.90. The molecule has 0 aliphatic heterocycles. The van der Waals surface area contributed by atoms with Crippen molar-refractivity contribution in [2.75, 3.05) is 11.6 Å². The van der Waals surface area contributed by atoms with Crippen LogP contribution in [0.15, 0.2) is 36.7 Å². The minimum absolute atomic E-state index is 0.546. The van der Waals surface area contributed by atoms with Gasteiger partial charge >= 0.3 is 0 Å². The molecule has 1 unspecified atom stereocenters. The molecular formula is C15H17N5OS. The highest BCUT2D eigenvalue weighted by Crippen LogP contribution is 2.19. The molecule has 22 heavy (non-hydrogen) atoms. The van der Waals surface area contributed by atoms with Crippen LogP contribution in [0.4, 0.5) is 11.5 Å². The van der Waals surface area contributed by atoms with Gasteiger partial charge in [-0.05, 0) is 24.1 Å². The van der Waals surface area contributed by atoms with Crippen molar-refractivity contribution in [3.05, 3.63) is 47.9 Å². The number of fused-ring (bicyclic) bond motifs is 1. The summed E-state index contributed by atoms with van der Waals surface area (Å²) in [6, 6.07) is 9.85. The molecule has 1 N–H and O–H groups in total. The third-order valence-electron chi connectivity index (χ3n) is 3.24. The van der Waals surface area contributed by atoms with Crippen LogP contribution < -0.4 is 5.32 Å². The molecule has 7 heteroatoms. The van der Waals surface area contributed by atoms with Gasteiger partial charge in [0.2, 0.25) is 0 Å². The van der Waals surface area contributed by atoms with Crippen LogP contribution in [0.3, 0.4) is 0 Å². The van der Waals surface area contributed by atoms with Crippen LogP contribution >= 0.6 is 0 Å². The number of hydrogen-bond acceptors (Lipinski definition) is 5. The van der Waals surface area contributed by atoms with E-state index in [0.29, 0.717) is 11.5 Å². The van der Waals surface area contributed by atoms with E-state index in [1.807, 2.05) is 30.3 Å².